The molecule has 23 heavy (non-hydrogen) atoms. The second kappa shape index (κ2) is 5.35. The smallest absolute Gasteiger partial charge is 0.168 e. The molecular formula is C16H14FN3O3. The van der Waals surface area contributed by atoms with Gasteiger partial charge in [0, 0.05) is 24.2 Å². The van der Waals surface area contributed by atoms with Crippen molar-refractivity contribution in [2.24, 2.45) is 7.05 Å². The maximum atomic E-state index is 14.3. The molecule has 0 fully saturated rings. The maximum absolute atomic E-state index is 14.3. The van der Waals surface area contributed by atoms with E-state index in [1.54, 1.807) is 20.9 Å². The Balaban J connectivity index is 2.37. The van der Waals surface area contributed by atoms with Crippen LogP contribution in [0.5, 0.6) is 5.75 Å². The molecule has 0 unspecified atom stereocenters. The highest BCUT2D eigenvalue weighted by Crippen LogP contribution is 2.38. The van der Waals surface area contributed by atoms with Gasteiger partial charge in [0.2, 0.25) is 0 Å². The van der Waals surface area contributed by atoms with E-state index in [1.807, 2.05) is 0 Å². The lowest BCUT2D eigenvalue weighted by atomic mass is 9.97. The van der Waals surface area contributed by atoms with Crippen LogP contribution >= 0.6 is 0 Å². The van der Waals surface area contributed by atoms with E-state index in [1.165, 1.54) is 16.8 Å². The van der Waals surface area contributed by atoms with Crippen LogP contribution in [0.2, 0.25) is 0 Å². The van der Waals surface area contributed by atoms with Gasteiger partial charge in [-0.15, -0.1) is 0 Å². The number of aromatic nitrogens is 3. The minimum atomic E-state index is -0.631. The van der Waals surface area contributed by atoms with Crippen molar-refractivity contribution in [1.29, 1.82) is 0 Å². The highest BCUT2D eigenvalue weighted by molar-refractivity contribution is 5.94. The Labute approximate surface area is 131 Å². The van der Waals surface area contributed by atoms with Crippen LogP contribution in [0.1, 0.15) is 21.9 Å². The zero-order chi connectivity index (χ0) is 16.7. The zero-order valence-electron chi connectivity index (χ0n) is 12.8. The van der Waals surface area contributed by atoms with Crippen LogP contribution in [0.25, 0.3) is 22.4 Å². The summed E-state index contributed by atoms with van der Waals surface area (Å²) in [5.74, 6) is -0.302. The summed E-state index contributed by atoms with van der Waals surface area (Å²) in [4.78, 5) is 11.5. The van der Waals surface area contributed by atoms with E-state index in [0.29, 0.717) is 40.3 Å². The topological polar surface area (TPSA) is 81.2 Å². The number of aromatic hydroxyl groups is 1. The number of benzene rings is 1. The summed E-state index contributed by atoms with van der Waals surface area (Å²) in [6.07, 6.45) is 0.663. The Morgan fingerprint density at radius 2 is 2.04 bits per heavy atom. The summed E-state index contributed by atoms with van der Waals surface area (Å²) in [5.41, 5.74) is 2.43. The molecule has 0 aliphatic carbocycles. The van der Waals surface area contributed by atoms with Crippen molar-refractivity contribution < 1.29 is 18.8 Å². The third-order valence-electron chi connectivity index (χ3n) is 3.69. The van der Waals surface area contributed by atoms with Crippen molar-refractivity contribution >= 4 is 6.29 Å². The average molecular weight is 315 g/mol. The minimum absolute atomic E-state index is 0.182. The van der Waals surface area contributed by atoms with Crippen LogP contribution in [0.3, 0.4) is 0 Å². The molecule has 1 aromatic carbocycles. The third kappa shape index (κ3) is 2.30. The molecule has 7 heteroatoms. The molecule has 0 saturated heterocycles. The van der Waals surface area contributed by atoms with Crippen LogP contribution in [0.4, 0.5) is 4.39 Å². The molecule has 0 aliphatic heterocycles. The van der Waals surface area contributed by atoms with Crippen molar-refractivity contribution in [3.8, 4) is 28.1 Å². The molecule has 0 bridgehead atoms. The Morgan fingerprint density at radius 3 is 2.61 bits per heavy atom. The summed E-state index contributed by atoms with van der Waals surface area (Å²) in [6, 6.07) is 3.79. The lowest BCUT2D eigenvalue weighted by molar-refractivity contribution is 0.111. The van der Waals surface area contributed by atoms with E-state index in [-0.39, 0.29) is 11.3 Å². The minimum Gasteiger partial charge on any atom is -0.508 e. The molecule has 3 rings (SSSR count). The lowest BCUT2D eigenvalue weighted by Crippen LogP contribution is -1.97. The summed E-state index contributed by atoms with van der Waals surface area (Å²) < 4.78 is 20.8. The van der Waals surface area contributed by atoms with Gasteiger partial charge < -0.3 is 9.63 Å². The molecule has 2 aromatic heterocycles. The first-order valence-electron chi connectivity index (χ1n) is 6.88. The predicted molar refractivity (Wildman–Crippen MR) is 80.6 cm³/mol. The van der Waals surface area contributed by atoms with Gasteiger partial charge in [-0.25, -0.2) is 4.39 Å². The van der Waals surface area contributed by atoms with Gasteiger partial charge in [-0.1, -0.05) is 5.16 Å². The summed E-state index contributed by atoms with van der Waals surface area (Å²) >= 11 is 0. The van der Waals surface area contributed by atoms with Crippen molar-refractivity contribution in [2.45, 2.75) is 13.8 Å². The van der Waals surface area contributed by atoms with Gasteiger partial charge in [-0.3, -0.25) is 9.48 Å². The van der Waals surface area contributed by atoms with Crippen molar-refractivity contribution in [1.82, 2.24) is 14.9 Å². The van der Waals surface area contributed by atoms with Gasteiger partial charge >= 0.3 is 0 Å². The van der Waals surface area contributed by atoms with Crippen molar-refractivity contribution in [2.75, 3.05) is 0 Å². The van der Waals surface area contributed by atoms with Crippen molar-refractivity contribution in [3.05, 3.63) is 41.2 Å². The molecule has 1 N–H and O–H groups in total. The van der Waals surface area contributed by atoms with E-state index in [9.17, 15) is 14.3 Å². The highest BCUT2D eigenvalue weighted by atomic mass is 19.1. The normalized spacial score (nSPS) is 11.0. The summed E-state index contributed by atoms with van der Waals surface area (Å²) in [6.45, 7) is 3.46. The predicted octanol–water partition coefficient (Wildman–Crippen LogP) is 3.02. The first kappa shape index (κ1) is 15.0. The van der Waals surface area contributed by atoms with Gasteiger partial charge in [0.15, 0.2) is 6.29 Å². The Bertz CT molecular complexity index is 892. The van der Waals surface area contributed by atoms with E-state index < -0.39 is 5.82 Å². The fourth-order valence-electron chi connectivity index (χ4n) is 2.64. The Hall–Kier alpha value is -2.96. The number of aryl methyl sites for hydroxylation is 3. The number of hydrogen-bond acceptors (Lipinski definition) is 5. The number of halogens is 1. The van der Waals surface area contributed by atoms with Crippen LogP contribution in [-0.2, 0) is 7.05 Å². The van der Waals surface area contributed by atoms with Crippen molar-refractivity contribution in [3.63, 3.8) is 0 Å². The highest BCUT2D eigenvalue weighted by Gasteiger charge is 2.25. The molecule has 0 radical (unpaired) electrons. The second-order valence-electron chi connectivity index (χ2n) is 5.21. The Morgan fingerprint density at radius 1 is 1.30 bits per heavy atom. The van der Waals surface area contributed by atoms with Crippen LogP contribution < -0.4 is 0 Å². The third-order valence-corrected chi connectivity index (χ3v) is 3.69. The lowest BCUT2D eigenvalue weighted by Gasteiger charge is -2.05. The number of hydrogen-bond donors (Lipinski definition) is 1. The molecule has 0 atom stereocenters. The van der Waals surface area contributed by atoms with E-state index in [4.69, 9.17) is 4.52 Å². The molecule has 2 heterocycles. The van der Waals surface area contributed by atoms with E-state index in [2.05, 4.69) is 10.3 Å². The molecule has 0 saturated carbocycles. The average Bonchev–Trinajstić information content (AvgIpc) is 2.98. The molecule has 3 aromatic rings. The number of rotatable bonds is 3. The first-order valence-corrected chi connectivity index (χ1v) is 6.88. The number of aldehydes is 1. The standard InChI is InChI=1S/C16H14FN3O3/c1-8-14(9(2)23-19-8)15-13(7-21)20(3)18-16(15)11-5-4-10(22)6-12(11)17/h4-7,22H,1-3H3. The molecule has 6 nitrogen and oxygen atoms in total. The molecular weight excluding hydrogens is 301 g/mol. The number of phenolic OH excluding ortho intramolecular Hbond substituents is 1. The molecule has 0 spiro atoms. The quantitative estimate of drug-likeness (QED) is 0.751. The number of carbonyl (C=O) groups is 1. The van der Waals surface area contributed by atoms with Gasteiger partial charge in [0.05, 0.1) is 11.3 Å². The summed E-state index contributed by atoms with van der Waals surface area (Å²) in [7, 11) is 1.60. The largest absolute Gasteiger partial charge is 0.508 e. The second-order valence-corrected chi connectivity index (χ2v) is 5.21. The van der Waals surface area contributed by atoms with Gasteiger partial charge in [-0.05, 0) is 26.0 Å². The fourth-order valence-corrected chi connectivity index (χ4v) is 2.64. The molecule has 0 amide bonds. The SMILES string of the molecule is Cc1noc(C)c1-c1c(-c2ccc(O)cc2F)nn(C)c1C=O. The zero-order valence-corrected chi connectivity index (χ0v) is 12.8. The molecule has 0 aliphatic rings. The van der Waals surface area contributed by atoms with Gasteiger partial charge in [-0.2, -0.15) is 5.10 Å². The fraction of sp³-hybridized carbons (Fsp3) is 0.188. The van der Waals surface area contributed by atoms with Crippen LogP contribution in [0, 0.1) is 19.7 Å². The van der Waals surface area contributed by atoms with E-state index >= 15 is 0 Å². The number of carbonyl (C=O) groups excluding carboxylic acids is 1. The van der Waals surface area contributed by atoms with Gasteiger partial charge in [0.25, 0.3) is 0 Å². The monoisotopic (exact) mass is 315 g/mol. The number of nitrogens with zero attached hydrogens (tertiary/aromatic N) is 3. The number of phenols is 1. The van der Waals surface area contributed by atoms with Gasteiger partial charge in [0.1, 0.15) is 28.7 Å². The Kier molecular flexibility index (Phi) is 3.48. The first-order chi connectivity index (χ1) is 10.9. The molecule has 118 valence electrons. The summed E-state index contributed by atoms with van der Waals surface area (Å²) in [5, 5.41) is 17.5. The maximum Gasteiger partial charge on any atom is 0.168 e. The van der Waals surface area contributed by atoms with Crippen LogP contribution in [0.15, 0.2) is 22.7 Å². The van der Waals surface area contributed by atoms with Crippen LogP contribution in [-0.4, -0.2) is 26.3 Å². The van der Waals surface area contributed by atoms with E-state index in [0.717, 1.165) is 6.07 Å².